The van der Waals surface area contributed by atoms with Crippen molar-refractivity contribution in [2.24, 2.45) is 0 Å². The number of halogens is 1. The van der Waals surface area contributed by atoms with Crippen molar-refractivity contribution in [1.29, 1.82) is 0 Å². The molecule has 0 spiro atoms. The number of rotatable bonds is 1. The number of hydrogen-bond acceptors (Lipinski definition) is 3. The van der Waals surface area contributed by atoms with E-state index in [1.54, 1.807) is 18.2 Å². The summed E-state index contributed by atoms with van der Waals surface area (Å²) in [6.07, 6.45) is 0.840. The molecule has 2 aliphatic rings. The monoisotopic (exact) mass is 294 g/mol. The van der Waals surface area contributed by atoms with Gasteiger partial charge in [0, 0.05) is 11.0 Å². The van der Waals surface area contributed by atoms with Crippen LogP contribution >= 0.6 is 15.9 Å². The number of imide groups is 1. The second-order valence-electron chi connectivity index (χ2n) is 4.32. The Bertz CT molecular complexity index is 509. The SMILES string of the molecule is O=C1c2ccc(Br)cc2C(=O)N1C1CCNC1. The van der Waals surface area contributed by atoms with Crippen molar-refractivity contribution in [3.63, 3.8) is 0 Å². The molecule has 1 fully saturated rings. The standard InChI is InChI=1S/C12H11BrN2O2/c13-7-1-2-9-10(5-7)12(17)15(11(9)16)8-3-4-14-6-8/h1-2,5,8,14H,3-4,6H2. The van der Waals surface area contributed by atoms with Gasteiger partial charge in [-0.1, -0.05) is 15.9 Å². The Balaban J connectivity index is 2.02. The highest BCUT2D eigenvalue weighted by Crippen LogP contribution is 2.28. The molecule has 2 aliphatic heterocycles. The third kappa shape index (κ3) is 1.61. The Kier molecular flexibility index (Phi) is 2.52. The molecule has 0 saturated carbocycles. The fraction of sp³-hybridized carbons (Fsp3) is 0.333. The molecule has 0 aliphatic carbocycles. The molecule has 0 aromatic heterocycles. The summed E-state index contributed by atoms with van der Waals surface area (Å²) in [4.78, 5) is 25.8. The largest absolute Gasteiger partial charge is 0.315 e. The van der Waals surface area contributed by atoms with Gasteiger partial charge >= 0.3 is 0 Å². The first-order valence-corrected chi connectivity index (χ1v) is 6.36. The molecule has 0 radical (unpaired) electrons. The molecule has 2 amide bonds. The van der Waals surface area contributed by atoms with Crippen LogP contribution in [0.15, 0.2) is 22.7 Å². The maximum Gasteiger partial charge on any atom is 0.261 e. The van der Waals surface area contributed by atoms with Crippen molar-refractivity contribution in [2.75, 3.05) is 13.1 Å². The molecule has 4 nitrogen and oxygen atoms in total. The summed E-state index contributed by atoms with van der Waals surface area (Å²) in [7, 11) is 0. The molecule has 5 heteroatoms. The Morgan fingerprint density at radius 1 is 1.24 bits per heavy atom. The zero-order chi connectivity index (χ0) is 12.0. The number of amides is 2. The van der Waals surface area contributed by atoms with E-state index in [9.17, 15) is 9.59 Å². The molecule has 1 unspecified atom stereocenters. The summed E-state index contributed by atoms with van der Waals surface area (Å²) < 4.78 is 0.823. The van der Waals surface area contributed by atoms with Crippen LogP contribution in [0.25, 0.3) is 0 Å². The molecule has 1 atom stereocenters. The van der Waals surface area contributed by atoms with Gasteiger partial charge in [0.15, 0.2) is 0 Å². The quantitative estimate of drug-likeness (QED) is 0.797. The van der Waals surface area contributed by atoms with Crippen LogP contribution in [0.1, 0.15) is 27.1 Å². The highest BCUT2D eigenvalue weighted by Gasteiger charge is 2.40. The van der Waals surface area contributed by atoms with E-state index < -0.39 is 0 Å². The van der Waals surface area contributed by atoms with Crippen LogP contribution in [0.4, 0.5) is 0 Å². The predicted molar refractivity (Wildman–Crippen MR) is 65.9 cm³/mol. The first kappa shape index (κ1) is 10.9. The summed E-state index contributed by atoms with van der Waals surface area (Å²) >= 11 is 3.32. The molecular formula is C12H11BrN2O2. The lowest BCUT2D eigenvalue weighted by molar-refractivity contribution is 0.0597. The normalized spacial score (nSPS) is 23.4. The Morgan fingerprint density at radius 3 is 2.71 bits per heavy atom. The minimum Gasteiger partial charge on any atom is -0.315 e. The zero-order valence-electron chi connectivity index (χ0n) is 9.07. The van der Waals surface area contributed by atoms with E-state index in [0.717, 1.165) is 17.4 Å². The van der Waals surface area contributed by atoms with E-state index in [0.29, 0.717) is 17.7 Å². The van der Waals surface area contributed by atoms with Crippen LogP contribution in [0, 0.1) is 0 Å². The molecule has 1 aromatic rings. The second kappa shape index (κ2) is 3.92. The second-order valence-corrected chi connectivity index (χ2v) is 5.23. The van der Waals surface area contributed by atoms with Crippen molar-refractivity contribution in [1.82, 2.24) is 10.2 Å². The number of nitrogens with one attached hydrogen (secondary N) is 1. The molecular weight excluding hydrogens is 284 g/mol. The lowest BCUT2D eigenvalue weighted by Crippen LogP contribution is -2.41. The molecule has 1 saturated heterocycles. The van der Waals surface area contributed by atoms with E-state index in [1.807, 2.05) is 0 Å². The van der Waals surface area contributed by atoms with E-state index >= 15 is 0 Å². The molecule has 0 bridgehead atoms. The average molecular weight is 295 g/mol. The molecule has 1 N–H and O–H groups in total. The number of hydrogen-bond donors (Lipinski definition) is 1. The zero-order valence-corrected chi connectivity index (χ0v) is 10.7. The van der Waals surface area contributed by atoms with Crippen molar-refractivity contribution >= 4 is 27.7 Å². The number of benzene rings is 1. The minimum atomic E-state index is -0.167. The summed E-state index contributed by atoms with van der Waals surface area (Å²) in [5, 5.41) is 3.17. The Labute approximate surface area is 107 Å². The van der Waals surface area contributed by atoms with Crippen molar-refractivity contribution in [3.8, 4) is 0 Å². The summed E-state index contributed by atoms with van der Waals surface area (Å²) in [5.74, 6) is -0.328. The third-order valence-corrected chi connectivity index (χ3v) is 3.77. The van der Waals surface area contributed by atoms with Crippen LogP contribution < -0.4 is 5.32 Å². The molecule has 17 heavy (non-hydrogen) atoms. The van der Waals surface area contributed by atoms with Crippen LogP contribution in [0.2, 0.25) is 0 Å². The fourth-order valence-electron chi connectivity index (χ4n) is 2.42. The maximum atomic E-state index is 12.2. The molecule has 3 rings (SSSR count). The van der Waals surface area contributed by atoms with Crippen LogP contribution in [-0.2, 0) is 0 Å². The van der Waals surface area contributed by atoms with Gasteiger partial charge < -0.3 is 5.32 Å². The van der Waals surface area contributed by atoms with Crippen LogP contribution in [0.3, 0.4) is 0 Å². The average Bonchev–Trinajstić information content (AvgIpc) is 2.88. The highest BCUT2D eigenvalue weighted by molar-refractivity contribution is 9.10. The van der Waals surface area contributed by atoms with Gasteiger partial charge in [0.1, 0.15) is 0 Å². The van der Waals surface area contributed by atoms with Gasteiger partial charge in [0.2, 0.25) is 0 Å². The number of nitrogens with zero attached hydrogens (tertiary/aromatic N) is 1. The lowest BCUT2D eigenvalue weighted by Gasteiger charge is -2.20. The van der Waals surface area contributed by atoms with Gasteiger partial charge in [0.25, 0.3) is 11.8 Å². The van der Waals surface area contributed by atoms with Gasteiger partial charge in [0.05, 0.1) is 17.2 Å². The van der Waals surface area contributed by atoms with Gasteiger partial charge in [-0.15, -0.1) is 0 Å². The van der Waals surface area contributed by atoms with Gasteiger partial charge in [-0.3, -0.25) is 14.5 Å². The van der Waals surface area contributed by atoms with E-state index in [-0.39, 0.29) is 17.9 Å². The number of carbonyl (C=O) groups is 2. The first-order valence-electron chi connectivity index (χ1n) is 5.56. The van der Waals surface area contributed by atoms with Crippen molar-refractivity contribution in [2.45, 2.75) is 12.5 Å². The summed E-state index contributed by atoms with van der Waals surface area (Å²) in [6.45, 7) is 1.56. The number of fused-ring (bicyclic) bond motifs is 1. The lowest BCUT2D eigenvalue weighted by atomic mass is 10.1. The summed E-state index contributed by atoms with van der Waals surface area (Å²) in [6, 6.07) is 5.22. The topological polar surface area (TPSA) is 49.4 Å². The van der Waals surface area contributed by atoms with Crippen molar-refractivity contribution in [3.05, 3.63) is 33.8 Å². The first-order chi connectivity index (χ1) is 8.18. The van der Waals surface area contributed by atoms with E-state index in [4.69, 9.17) is 0 Å². The minimum absolute atomic E-state index is 0.00109. The van der Waals surface area contributed by atoms with Gasteiger partial charge in [-0.05, 0) is 31.2 Å². The van der Waals surface area contributed by atoms with Gasteiger partial charge in [-0.25, -0.2) is 0 Å². The highest BCUT2D eigenvalue weighted by atomic mass is 79.9. The van der Waals surface area contributed by atoms with E-state index in [1.165, 1.54) is 4.90 Å². The third-order valence-electron chi connectivity index (χ3n) is 3.28. The number of carbonyl (C=O) groups excluding carboxylic acids is 2. The Morgan fingerprint density at radius 2 is 2.00 bits per heavy atom. The predicted octanol–water partition coefficient (Wildman–Crippen LogP) is 1.41. The smallest absolute Gasteiger partial charge is 0.261 e. The van der Waals surface area contributed by atoms with Gasteiger partial charge in [-0.2, -0.15) is 0 Å². The van der Waals surface area contributed by atoms with Crippen LogP contribution in [0.5, 0.6) is 0 Å². The van der Waals surface area contributed by atoms with E-state index in [2.05, 4.69) is 21.2 Å². The molecule has 88 valence electrons. The van der Waals surface area contributed by atoms with Crippen LogP contribution in [-0.4, -0.2) is 35.8 Å². The Hall–Kier alpha value is -1.20. The summed E-state index contributed by atoms with van der Waals surface area (Å²) in [5.41, 5.74) is 1.03. The maximum absolute atomic E-state index is 12.2. The fourth-order valence-corrected chi connectivity index (χ4v) is 2.78. The molecule has 1 aromatic carbocycles. The molecule has 2 heterocycles. The van der Waals surface area contributed by atoms with Crippen molar-refractivity contribution < 1.29 is 9.59 Å².